The van der Waals surface area contributed by atoms with Crippen LogP contribution in [-0.4, -0.2) is 19.9 Å². The highest BCUT2D eigenvalue weighted by molar-refractivity contribution is 7.09. The molecule has 0 radical (unpaired) electrons. The van der Waals surface area contributed by atoms with Crippen LogP contribution in [0.3, 0.4) is 0 Å². The number of carbonyl (C=O) groups excluding carboxylic acids is 1. The molecular weight excluding hydrogens is 249 g/mol. The highest BCUT2D eigenvalue weighted by Gasteiger charge is 2.25. The third-order valence-electron chi connectivity index (χ3n) is 2.62. The third-order valence-corrected chi connectivity index (χ3v) is 3.14. The summed E-state index contributed by atoms with van der Waals surface area (Å²) in [5.41, 5.74) is 6.44. The molecule has 2 unspecified atom stereocenters. The summed E-state index contributed by atoms with van der Waals surface area (Å²) in [5, 5.41) is 0. The predicted molar refractivity (Wildman–Crippen MR) is 76.9 cm³/mol. The highest BCUT2D eigenvalue weighted by Crippen LogP contribution is 2.30. The van der Waals surface area contributed by atoms with Gasteiger partial charge in [0.2, 0.25) is 0 Å². The average Bonchev–Trinajstić information content (AvgIpc) is 2.47. The SMILES string of the molecule is CC.COc1cc(C(C)(CN)OP)ccc1C=O. The fraction of sp³-hybridized carbons (Fsp3) is 0.462. The molecule has 0 aliphatic heterocycles. The number of methoxy groups -OCH3 is 1. The minimum absolute atomic E-state index is 0.333. The normalized spacial score (nSPS) is 13.0. The van der Waals surface area contributed by atoms with Gasteiger partial charge in [-0.1, -0.05) is 19.9 Å². The van der Waals surface area contributed by atoms with E-state index in [9.17, 15) is 4.79 Å². The standard InChI is InChI=1S/C11H16NO3P.C2H6/c1-11(7-12,15-16)9-4-3-8(6-13)10(5-9)14-2;1-2/h3-6H,7,12,16H2,1-2H3;1-2H3. The maximum atomic E-state index is 10.7. The van der Waals surface area contributed by atoms with Crippen molar-refractivity contribution in [3.8, 4) is 5.75 Å². The van der Waals surface area contributed by atoms with E-state index in [4.69, 9.17) is 15.0 Å². The molecule has 1 aromatic carbocycles. The van der Waals surface area contributed by atoms with Gasteiger partial charge in [0.25, 0.3) is 0 Å². The first-order valence-corrected chi connectivity index (χ1v) is 6.30. The Labute approximate surface area is 111 Å². The van der Waals surface area contributed by atoms with Gasteiger partial charge in [0.1, 0.15) is 11.4 Å². The predicted octanol–water partition coefficient (Wildman–Crippen LogP) is 2.51. The van der Waals surface area contributed by atoms with Gasteiger partial charge in [0.05, 0.1) is 12.7 Å². The van der Waals surface area contributed by atoms with Crippen molar-refractivity contribution in [2.75, 3.05) is 13.7 Å². The van der Waals surface area contributed by atoms with Crippen molar-refractivity contribution in [1.82, 2.24) is 0 Å². The van der Waals surface area contributed by atoms with Gasteiger partial charge in [-0.15, -0.1) is 0 Å². The van der Waals surface area contributed by atoms with E-state index in [0.717, 1.165) is 11.8 Å². The Hall–Kier alpha value is -0.960. The Kier molecular flexibility index (Phi) is 7.76. The first-order valence-electron chi connectivity index (χ1n) is 5.83. The van der Waals surface area contributed by atoms with Crippen LogP contribution in [0.4, 0.5) is 0 Å². The number of aldehydes is 1. The van der Waals surface area contributed by atoms with Gasteiger partial charge in [0.15, 0.2) is 6.29 Å². The van der Waals surface area contributed by atoms with E-state index < -0.39 is 5.60 Å². The Bertz CT molecular complexity index is 378. The van der Waals surface area contributed by atoms with Crippen molar-refractivity contribution in [2.45, 2.75) is 26.4 Å². The van der Waals surface area contributed by atoms with Crippen molar-refractivity contribution < 1.29 is 14.1 Å². The van der Waals surface area contributed by atoms with Crippen molar-refractivity contribution in [3.63, 3.8) is 0 Å². The molecule has 102 valence electrons. The van der Waals surface area contributed by atoms with Crippen LogP contribution in [-0.2, 0) is 10.1 Å². The summed E-state index contributed by atoms with van der Waals surface area (Å²) in [4.78, 5) is 10.7. The first kappa shape index (κ1) is 17.0. The summed E-state index contributed by atoms with van der Waals surface area (Å²) >= 11 is 0. The minimum Gasteiger partial charge on any atom is -0.496 e. The van der Waals surface area contributed by atoms with E-state index in [2.05, 4.69) is 9.47 Å². The smallest absolute Gasteiger partial charge is 0.153 e. The number of nitrogens with two attached hydrogens (primary N) is 1. The highest BCUT2D eigenvalue weighted by atomic mass is 31.0. The summed E-state index contributed by atoms with van der Waals surface area (Å²) in [6.07, 6.45) is 0.754. The Morgan fingerprint density at radius 2 is 2.06 bits per heavy atom. The molecule has 0 aliphatic carbocycles. The summed E-state index contributed by atoms with van der Waals surface area (Å²) in [7, 11) is 3.73. The fourth-order valence-corrected chi connectivity index (χ4v) is 1.60. The zero-order valence-corrected chi connectivity index (χ0v) is 12.6. The van der Waals surface area contributed by atoms with E-state index >= 15 is 0 Å². The zero-order chi connectivity index (χ0) is 14.2. The quantitative estimate of drug-likeness (QED) is 0.660. The summed E-state index contributed by atoms with van der Waals surface area (Å²) in [6, 6.07) is 5.27. The summed E-state index contributed by atoms with van der Waals surface area (Å²) < 4.78 is 10.4. The Morgan fingerprint density at radius 1 is 1.44 bits per heavy atom. The molecule has 4 nitrogen and oxygen atoms in total. The number of rotatable bonds is 5. The van der Waals surface area contributed by atoms with Crippen LogP contribution < -0.4 is 10.5 Å². The lowest BCUT2D eigenvalue weighted by molar-refractivity contribution is 0.111. The van der Waals surface area contributed by atoms with Gasteiger partial charge in [-0.2, -0.15) is 0 Å². The molecule has 0 amide bonds. The first-order chi connectivity index (χ1) is 8.61. The fourth-order valence-electron chi connectivity index (χ4n) is 1.37. The van der Waals surface area contributed by atoms with Crippen molar-refractivity contribution in [3.05, 3.63) is 29.3 Å². The molecule has 2 atom stereocenters. The van der Waals surface area contributed by atoms with Crippen molar-refractivity contribution in [1.29, 1.82) is 0 Å². The second-order valence-corrected chi connectivity index (χ2v) is 3.86. The lowest BCUT2D eigenvalue weighted by Crippen LogP contribution is -2.32. The monoisotopic (exact) mass is 271 g/mol. The van der Waals surface area contributed by atoms with Crippen LogP contribution in [0.25, 0.3) is 0 Å². The molecule has 1 rings (SSSR count). The molecular formula is C13H22NO3P. The molecule has 0 saturated heterocycles. The van der Waals surface area contributed by atoms with Crippen LogP contribution in [0.15, 0.2) is 18.2 Å². The zero-order valence-electron chi connectivity index (χ0n) is 11.4. The lowest BCUT2D eigenvalue weighted by atomic mass is 9.95. The maximum absolute atomic E-state index is 10.7. The lowest BCUT2D eigenvalue weighted by Gasteiger charge is -2.27. The van der Waals surface area contributed by atoms with E-state index in [1.807, 2.05) is 26.8 Å². The van der Waals surface area contributed by atoms with Crippen LogP contribution in [0.1, 0.15) is 36.7 Å². The van der Waals surface area contributed by atoms with Gasteiger partial charge < -0.3 is 15.0 Å². The molecule has 0 fully saturated rings. The molecule has 2 N–H and O–H groups in total. The van der Waals surface area contributed by atoms with Crippen LogP contribution in [0.5, 0.6) is 5.75 Å². The number of hydrogen-bond donors (Lipinski definition) is 1. The molecule has 0 aliphatic rings. The van der Waals surface area contributed by atoms with Gasteiger partial charge in [-0.3, -0.25) is 4.79 Å². The summed E-state index contributed by atoms with van der Waals surface area (Å²) in [6.45, 7) is 6.20. The molecule has 1 aromatic rings. The molecule has 0 aromatic heterocycles. The Balaban J connectivity index is 0.00000137. The van der Waals surface area contributed by atoms with Crippen molar-refractivity contribution >= 4 is 15.8 Å². The summed E-state index contributed by atoms with van der Waals surface area (Å²) in [5.74, 6) is 0.522. The van der Waals surface area contributed by atoms with E-state index in [-0.39, 0.29) is 0 Å². The van der Waals surface area contributed by atoms with Gasteiger partial charge >= 0.3 is 0 Å². The maximum Gasteiger partial charge on any atom is 0.153 e. The minimum atomic E-state index is -0.598. The van der Waals surface area contributed by atoms with Crippen LogP contribution >= 0.6 is 9.47 Å². The van der Waals surface area contributed by atoms with E-state index in [0.29, 0.717) is 17.9 Å². The van der Waals surface area contributed by atoms with E-state index in [1.54, 1.807) is 12.1 Å². The second-order valence-electron chi connectivity index (χ2n) is 3.63. The Morgan fingerprint density at radius 3 is 2.44 bits per heavy atom. The van der Waals surface area contributed by atoms with Gasteiger partial charge in [-0.05, 0) is 24.6 Å². The van der Waals surface area contributed by atoms with Crippen molar-refractivity contribution in [2.24, 2.45) is 5.73 Å². The number of hydrogen-bond acceptors (Lipinski definition) is 4. The molecule has 18 heavy (non-hydrogen) atoms. The van der Waals surface area contributed by atoms with Crippen LogP contribution in [0, 0.1) is 0 Å². The molecule has 5 heteroatoms. The van der Waals surface area contributed by atoms with Gasteiger partial charge in [-0.25, -0.2) is 0 Å². The largest absolute Gasteiger partial charge is 0.496 e. The van der Waals surface area contributed by atoms with Crippen LogP contribution in [0.2, 0.25) is 0 Å². The average molecular weight is 271 g/mol. The third kappa shape index (κ3) is 3.77. The molecule has 0 bridgehead atoms. The molecule has 0 spiro atoms. The number of carbonyl (C=O) groups is 1. The topological polar surface area (TPSA) is 61.6 Å². The molecule has 0 heterocycles. The number of benzene rings is 1. The second kappa shape index (κ2) is 8.20. The number of ether oxygens (including phenoxy) is 1. The molecule has 0 saturated carbocycles. The van der Waals surface area contributed by atoms with E-state index in [1.165, 1.54) is 7.11 Å². The van der Waals surface area contributed by atoms with Gasteiger partial charge in [0, 0.05) is 16.0 Å².